The molecule has 144 valence electrons. The van der Waals surface area contributed by atoms with E-state index in [1.807, 2.05) is 60.7 Å². The smallest absolute Gasteiger partial charge is 0.0809 e. The summed E-state index contributed by atoms with van der Waals surface area (Å²) in [7, 11) is 0. The normalized spacial score (nSPS) is 13.4. The number of benzene rings is 3. The second-order valence-corrected chi connectivity index (χ2v) is 7.43. The fraction of sp³-hybridized carbons (Fsp3) is 0.231. The Kier molecular flexibility index (Phi) is 6.67. The van der Waals surface area contributed by atoms with Gasteiger partial charge in [-0.05, 0) is 43.0 Å². The van der Waals surface area contributed by atoms with Gasteiger partial charge < -0.3 is 10.4 Å². The van der Waals surface area contributed by atoms with Crippen LogP contribution in [0.5, 0.6) is 0 Å². The molecule has 2 N–H and O–H groups in total. The Morgan fingerprint density at radius 1 is 0.857 bits per heavy atom. The molecule has 0 radical (unpaired) electrons. The van der Waals surface area contributed by atoms with Crippen LogP contribution >= 0.6 is 0 Å². The number of aryl methyl sites for hydroxylation is 3. The number of hydrogen-bond donors (Lipinski definition) is 2. The number of anilines is 1. The van der Waals surface area contributed by atoms with Crippen molar-refractivity contribution in [2.24, 2.45) is 0 Å². The highest BCUT2D eigenvalue weighted by atomic mass is 16.3. The van der Waals surface area contributed by atoms with Gasteiger partial charge in [0.15, 0.2) is 0 Å². The average molecular weight is 372 g/mol. The maximum absolute atomic E-state index is 11.0. The SMILES string of the molecule is Cc1cc(C)c(NCC(c2ccccc2)C(O)/C=C/c2ccccc2)c(C)c1. The third kappa shape index (κ3) is 5.11. The van der Waals surface area contributed by atoms with Gasteiger partial charge in [-0.1, -0.05) is 90.5 Å². The van der Waals surface area contributed by atoms with Crippen LogP contribution in [0.25, 0.3) is 6.08 Å². The summed E-state index contributed by atoms with van der Waals surface area (Å²) in [6.07, 6.45) is 3.30. The molecule has 0 aliphatic heterocycles. The molecule has 0 fully saturated rings. The number of rotatable bonds is 7. The number of aliphatic hydroxyl groups excluding tert-OH is 1. The highest BCUT2D eigenvalue weighted by Crippen LogP contribution is 2.26. The molecular weight excluding hydrogens is 342 g/mol. The van der Waals surface area contributed by atoms with Gasteiger partial charge in [0.25, 0.3) is 0 Å². The zero-order valence-electron chi connectivity index (χ0n) is 16.9. The maximum atomic E-state index is 11.0. The number of nitrogens with one attached hydrogen (secondary N) is 1. The van der Waals surface area contributed by atoms with Crippen LogP contribution in [0.3, 0.4) is 0 Å². The van der Waals surface area contributed by atoms with Crippen LogP contribution in [0.2, 0.25) is 0 Å². The summed E-state index contributed by atoms with van der Waals surface area (Å²) >= 11 is 0. The second-order valence-electron chi connectivity index (χ2n) is 7.43. The molecule has 2 heteroatoms. The van der Waals surface area contributed by atoms with E-state index in [0.29, 0.717) is 6.54 Å². The first-order valence-corrected chi connectivity index (χ1v) is 9.82. The average Bonchev–Trinajstić information content (AvgIpc) is 2.69. The number of aliphatic hydroxyl groups is 1. The van der Waals surface area contributed by atoms with Crippen molar-refractivity contribution >= 4 is 11.8 Å². The highest BCUT2D eigenvalue weighted by Gasteiger charge is 2.19. The van der Waals surface area contributed by atoms with Crippen molar-refractivity contribution in [2.45, 2.75) is 32.8 Å². The summed E-state index contributed by atoms with van der Waals surface area (Å²) in [5.41, 5.74) is 7.11. The van der Waals surface area contributed by atoms with Gasteiger partial charge in [-0.3, -0.25) is 0 Å². The molecule has 3 aromatic carbocycles. The Morgan fingerprint density at radius 3 is 2.04 bits per heavy atom. The van der Waals surface area contributed by atoms with Gasteiger partial charge in [-0.15, -0.1) is 0 Å². The molecular formula is C26H29NO. The fourth-order valence-corrected chi connectivity index (χ4v) is 3.71. The predicted molar refractivity (Wildman–Crippen MR) is 120 cm³/mol. The lowest BCUT2D eigenvalue weighted by Gasteiger charge is -2.24. The van der Waals surface area contributed by atoms with Crippen molar-refractivity contribution in [3.05, 3.63) is 107 Å². The van der Waals surface area contributed by atoms with Crippen LogP contribution in [0, 0.1) is 20.8 Å². The number of hydrogen-bond acceptors (Lipinski definition) is 2. The van der Waals surface area contributed by atoms with E-state index in [1.165, 1.54) is 16.7 Å². The van der Waals surface area contributed by atoms with Crippen molar-refractivity contribution in [1.29, 1.82) is 0 Å². The molecule has 0 saturated carbocycles. The monoisotopic (exact) mass is 371 g/mol. The summed E-state index contributed by atoms with van der Waals surface area (Å²) < 4.78 is 0. The van der Waals surface area contributed by atoms with Gasteiger partial charge >= 0.3 is 0 Å². The molecule has 0 aromatic heterocycles. The predicted octanol–water partition coefficient (Wildman–Crippen LogP) is 5.88. The first-order chi connectivity index (χ1) is 13.5. The Bertz CT molecular complexity index is 893. The Balaban J connectivity index is 1.81. The zero-order valence-corrected chi connectivity index (χ0v) is 16.9. The summed E-state index contributed by atoms with van der Waals surface area (Å²) in [6, 6.07) is 24.7. The topological polar surface area (TPSA) is 32.3 Å². The van der Waals surface area contributed by atoms with Crippen molar-refractivity contribution in [3.63, 3.8) is 0 Å². The second kappa shape index (κ2) is 9.38. The summed E-state index contributed by atoms with van der Waals surface area (Å²) in [4.78, 5) is 0. The molecule has 0 aliphatic rings. The third-order valence-electron chi connectivity index (χ3n) is 5.10. The van der Waals surface area contributed by atoms with E-state index in [-0.39, 0.29) is 5.92 Å². The van der Waals surface area contributed by atoms with Gasteiger partial charge in [0.2, 0.25) is 0 Å². The largest absolute Gasteiger partial charge is 0.388 e. The molecule has 0 heterocycles. The van der Waals surface area contributed by atoms with Gasteiger partial charge in [-0.25, -0.2) is 0 Å². The molecule has 0 amide bonds. The molecule has 3 aromatic rings. The first-order valence-electron chi connectivity index (χ1n) is 9.82. The first kappa shape index (κ1) is 19.9. The van der Waals surface area contributed by atoms with E-state index >= 15 is 0 Å². The zero-order chi connectivity index (χ0) is 19.9. The van der Waals surface area contributed by atoms with E-state index in [0.717, 1.165) is 16.8 Å². The van der Waals surface area contributed by atoms with E-state index in [4.69, 9.17) is 0 Å². The van der Waals surface area contributed by atoms with Crippen LogP contribution in [0.15, 0.2) is 78.9 Å². The van der Waals surface area contributed by atoms with E-state index in [9.17, 15) is 5.11 Å². The summed E-state index contributed by atoms with van der Waals surface area (Å²) in [6.45, 7) is 7.04. The summed E-state index contributed by atoms with van der Waals surface area (Å²) in [5, 5.41) is 14.5. The molecule has 0 bridgehead atoms. The standard InChI is InChI=1S/C26H29NO/c1-19-16-20(2)26(21(3)17-19)27-18-24(23-12-8-5-9-13-23)25(28)15-14-22-10-6-4-7-11-22/h4-17,24-25,27-28H,18H2,1-3H3/b15-14+. The molecule has 3 rings (SSSR count). The fourth-order valence-electron chi connectivity index (χ4n) is 3.71. The lowest BCUT2D eigenvalue weighted by Crippen LogP contribution is -2.24. The van der Waals surface area contributed by atoms with Crippen LogP contribution in [0.1, 0.15) is 33.7 Å². The third-order valence-corrected chi connectivity index (χ3v) is 5.10. The van der Waals surface area contributed by atoms with E-state index in [1.54, 1.807) is 0 Å². The van der Waals surface area contributed by atoms with Gasteiger partial charge in [-0.2, -0.15) is 0 Å². The Hall–Kier alpha value is -2.84. The van der Waals surface area contributed by atoms with Gasteiger partial charge in [0.05, 0.1) is 6.10 Å². The Morgan fingerprint density at radius 2 is 1.43 bits per heavy atom. The molecule has 0 aliphatic carbocycles. The lowest BCUT2D eigenvalue weighted by molar-refractivity contribution is 0.195. The minimum atomic E-state index is -0.582. The van der Waals surface area contributed by atoms with Crippen LogP contribution in [-0.4, -0.2) is 17.8 Å². The van der Waals surface area contributed by atoms with Crippen molar-refractivity contribution in [1.82, 2.24) is 0 Å². The molecule has 0 spiro atoms. The quantitative estimate of drug-likeness (QED) is 0.543. The van der Waals surface area contributed by atoms with E-state index < -0.39 is 6.10 Å². The molecule has 2 atom stereocenters. The lowest BCUT2D eigenvalue weighted by atomic mass is 9.92. The summed E-state index contributed by atoms with van der Waals surface area (Å²) in [5.74, 6) is -0.0405. The van der Waals surface area contributed by atoms with E-state index in [2.05, 4.69) is 50.4 Å². The molecule has 0 saturated heterocycles. The van der Waals surface area contributed by atoms with Crippen molar-refractivity contribution < 1.29 is 5.11 Å². The highest BCUT2D eigenvalue weighted by molar-refractivity contribution is 5.58. The van der Waals surface area contributed by atoms with Crippen LogP contribution in [-0.2, 0) is 0 Å². The van der Waals surface area contributed by atoms with Gasteiger partial charge in [0.1, 0.15) is 0 Å². The maximum Gasteiger partial charge on any atom is 0.0809 e. The minimum absolute atomic E-state index is 0.0405. The van der Waals surface area contributed by atoms with Crippen LogP contribution in [0.4, 0.5) is 5.69 Å². The molecule has 28 heavy (non-hydrogen) atoms. The van der Waals surface area contributed by atoms with Crippen molar-refractivity contribution in [2.75, 3.05) is 11.9 Å². The minimum Gasteiger partial charge on any atom is -0.388 e. The Labute approximate surface area is 168 Å². The molecule has 2 nitrogen and oxygen atoms in total. The van der Waals surface area contributed by atoms with Crippen LogP contribution < -0.4 is 5.32 Å². The molecule has 2 unspecified atom stereocenters. The van der Waals surface area contributed by atoms with Gasteiger partial charge in [0, 0.05) is 18.2 Å². The van der Waals surface area contributed by atoms with Crippen molar-refractivity contribution in [3.8, 4) is 0 Å².